The van der Waals surface area contributed by atoms with Crippen LogP contribution in [0, 0.1) is 0 Å². The molecule has 0 fully saturated rings. The molecule has 1 aromatic rings. The predicted octanol–water partition coefficient (Wildman–Crippen LogP) is 2.13. The van der Waals surface area contributed by atoms with Crippen LogP contribution in [0.1, 0.15) is 30.1 Å². The summed E-state index contributed by atoms with van der Waals surface area (Å²) >= 11 is 0. The van der Waals surface area contributed by atoms with Crippen LogP contribution in [0.2, 0.25) is 0 Å². The zero-order valence-corrected chi connectivity index (χ0v) is 8.73. The van der Waals surface area contributed by atoms with Crippen molar-refractivity contribution in [2.75, 3.05) is 18.5 Å². The summed E-state index contributed by atoms with van der Waals surface area (Å²) in [5.41, 5.74) is 0.623. The number of carbonyl (C=O) groups excluding carboxylic acids is 1. The first kappa shape index (κ1) is 10.7. The molecule has 0 saturated heterocycles. The fraction of sp³-hybridized carbons (Fsp3) is 0.455. The molecule has 0 radical (unpaired) electrons. The minimum atomic E-state index is 0.623. The van der Waals surface area contributed by atoms with E-state index < -0.39 is 0 Å². The zero-order valence-electron chi connectivity index (χ0n) is 8.73. The maximum absolute atomic E-state index is 10.4. The highest BCUT2D eigenvalue weighted by atomic mass is 16.1. The number of aromatic nitrogens is 1. The largest absolute Gasteiger partial charge is 0.360 e. The van der Waals surface area contributed by atoms with Gasteiger partial charge in [-0.15, -0.1) is 0 Å². The number of pyridine rings is 1. The number of hydrogen-bond acceptors (Lipinski definition) is 3. The van der Waals surface area contributed by atoms with Gasteiger partial charge in [-0.05, 0) is 18.6 Å². The van der Waals surface area contributed by atoms with Gasteiger partial charge in [-0.2, -0.15) is 0 Å². The van der Waals surface area contributed by atoms with E-state index in [-0.39, 0.29) is 0 Å². The SMILES string of the molecule is CCCCN(C)c1ccc(C=O)cn1. The van der Waals surface area contributed by atoms with E-state index in [0.717, 1.165) is 25.1 Å². The number of aldehydes is 1. The molecule has 3 nitrogen and oxygen atoms in total. The van der Waals surface area contributed by atoms with Gasteiger partial charge < -0.3 is 4.90 Å². The van der Waals surface area contributed by atoms with E-state index in [1.807, 2.05) is 13.1 Å². The molecule has 0 aliphatic heterocycles. The van der Waals surface area contributed by atoms with Gasteiger partial charge in [0.05, 0.1) is 0 Å². The molecule has 0 saturated carbocycles. The van der Waals surface area contributed by atoms with Gasteiger partial charge in [0, 0.05) is 25.4 Å². The van der Waals surface area contributed by atoms with Crippen LogP contribution in [0.3, 0.4) is 0 Å². The molecule has 76 valence electrons. The molecule has 0 aliphatic carbocycles. The third kappa shape index (κ3) is 2.83. The lowest BCUT2D eigenvalue weighted by Gasteiger charge is -2.17. The molecule has 0 spiro atoms. The predicted molar refractivity (Wildman–Crippen MR) is 57.8 cm³/mol. The molecule has 0 aliphatic rings. The van der Waals surface area contributed by atoms with Crippen molar-refractivity contribution in [1.29, 1.82) is 0 Å². The Balaban J connectivity index is 2.61. The number of anilines is 1. The molecular weight excluding hydrogens is 176 g/mol. The lowest BCUT2D eigenvalue weighted by molar-refractivity contribution is 0.112. The number of hydrogen-bond donors (Lipinski definition) is 0. The molecular formula is C11H16N2O. The highest BCUT2D eigenvalue weighted by Gasteiger charge is 2.00. The molecule has 0 N–H and O–H groups in total. The van der Waals surface area contributed by atoms with E-state index in [1.54, 1.807) is 12.3 Å². The Labute approximate surface area is 84.8 Å². The molecule has 0 amide bonds. The smallest absolute Gasteiger partial charge is 0.151 e. The summed E-state index contributed by atoms with van der Waals surface area (Å²) in [4.78, 5) is 16.7. The number of nitrogens with zero attached hydrogens (tertiary/aromatic N) is 2. The quantitative estimate of drug-likeness (QED) is 0.670. The molecule has 3 heteroatoms. The zero-order chi connectivity index (χ0) is 10.4. The second-order valence-electron chi connectivity index (χ2n) is 3.34. The Morgan fingerprint density at radius 3 is 2.79 bits per heavy atom. The van der Waals surface area contributed by atoms with Gasteiger partial charge in [0.15, 0.2) is 6.29 Å². The average molecular weight is 192 g/mol. The Morgan fingerprint density at radius 1 is 1.50 bits per heavy atom. The van der Waals surface area contributed by atoms with Gasteiger partial charge in [-0.1, -0.05) is 13.3 Å². The van der Waals surface area contributed by atoms with Crippen molar-refractivity contribution in [3.8, 4) is 0 Å². The van der Waals surface area contributed by atoms with E-state index in [9.17, 15) is 4.79 Å². The minimum Gasteiger partial charge on any atom is -0.360 e. The van der Waals surface area contributed by atoms with Gasteiger partial charge in [0.25, 0.3) is 0 Å². The van der Waals surface area contributed by atoms with Crippen LogP contribution >= 0.6 is 0 Å². The third-order valence-corrected chi connectivity index (χ3v) is 2.15. The molecule has 1 heterocycles. The Hall–Kier alpha value is -1.38. The van der Waals surface area contributed by atoms with Crippen LogP contribution in [-0.4, -0.2) is 24.9 Å². The fourth-order valence-electron chi connectivity index (χ4n) is 1.20. The van der Waals surface area contributed by atoms with Crippen LogP contribution in [0.4, 0.5) is 5.82 Å². The summed E-state index contributed by atoms with van der Waals surface area (Å²) in [5, 5.41) is 0. The Morgan fingerprint density at radius 2 is 2.29 bits per heavy atom. The summed E-state index contributed by atoms with van der Waals surface area (Å²) < 4.78 is 0. The maximum atomic E-state index is 10.4. The fourth-order valence-corrected chi connectivity index (χ4v) is 1.20. The number of rotatable bonds is 5. The number of unbranched alkanes of at least 4 members (excludes halogenated alkanes) is 1. The second-order valence-corrected chi connectivity index (χ2v) is 3.34. The highest BCUT2D eigenvalue weighted by Crippen LogP contribution is 2.09. The summed E-state index contributed by atoms with van der Waals surface area (Å²) in [7, 11) is 2.01. The van der Waals surface area contributed by atoms with E-state index in [4.69, 9.17) is 0 Å². The first-order valence-corrected chi connectivity index (χ1v) is 4.90. The van der Waals surface area contributed by atoms with E-state index in [2.05, 4.69) is 16.8 Å². The van der Waals surface area contributed by atoms with Crippen molar-refractivity contribution < 1.29 is 4.79 Å². The van der Waals surface area contributed by atoms with Crippen molar-refractivity contribution in [2.45, 2.75) is 19.8 Å². The lowest BCUT2D eigenvalue weighted by Crippen LogP contribution is -2.19. The molecule has 1 rings (SSSR count). The summed E-state index contributed by atoms with van der Waals surface area (Å²) in [6.45, 7) is 3.17. The van der Waals surface area contributed by atoms with E-state index in [0.29, 0.717) is 5.56 Å². The molecule has 0 bridgehead atoms. The van der Waals surface area contributed by atoms with Crippen LogP contribution in [-0.2, 0) is 0 Å². The van der Waals surface area contributed by atoms with Gasteiger partial charge in [-0.25, -0.2) is 4.98 Å². The standard InChI is InChI=1S/C11H16N2O/c1-3-4-7-13(2)11-6-5-10(9-14)8-12-11/h5-6,8-9H,3-4,7H2,1-2H3. The molecule has 0 atom stereocenters. The second kappa shape index (κ2) is 5.37. The minimum absolute atomic E-state index is 0.623. The van der Waals surface area contributed by atoms with Crippen LogP contribution in [0.5, 0.6) is 0 Å². The van der Waals surface area contributed by atoms with Crippen LogP contribution in [0.25, 0.3) is 0 Å². The van der Waals surface area contributed by atoms with Crippen LogP contribution < -0.4 is 4.90 Å². The summed E-state index contributed by atoms with van der Waals surface area (Å²) in [6, 6.07) is 3.66. The van der Waals surface area contributed by atoms with Crippen molar-refractivity contribution in [3.05, 3.63) is 23.9 Å². The normalized spacial score (nSPS) is 9.86. The van der Waals surface area contributed by atoms with Gasteiger partial charge in [-0.3, -0.25) is 4.79 Å². The van der Waals surface area contributed by atoms with Gasteiger partial charge in [0.1, 0.15) is 5.82 Å². The van der Waals surface area contributed by atoms with Gasteiger partial charge >= 0.3 is 0 Å². The first-order chi connectivity index (χ1) is 6.77. The molecule has 0 unspecified atom stereocenters. The van der Waals surface area contributed by atoms with Crippen molar-refractivity contribution >= 4 is 12.1 Å². The van der Waals surface area contributed by atoms with E-state index >= 15 is 0 Å². The van der Waals surface area contributed by atoms with Gasteiger partial charge in [0.2, 0.25) is 0 Å². The number of carbonyl (C=O) groups is 1. The average Bonchev–Trinajstić information content (AvgIpc) is 2.26. The summed E-state index contributed by atoms with van der Waals surface area (Å²) in [6.07, 6.45) is 4.75. The Kier molecular flexibility index (Phi) is 4.11. The molecule has 0 aromatic carbocycles. The van der Waals surface area contributed by atoms with E-state index in [1.165, 1.54) is 6.42 Å². The molecule has 1 aromatic heterocycles. The Bertz CT molecular complexity index is 282. The first-order valence-electron chi connectivity index (χ1n) is 4.90. The highest BCUT2D eigenvalue weighted by molar-refractivity contribution is 5.74. The summed E-state index contributed by atoms with van der Waals surface area (Å²) in [5.74, 6) is 0.920. The van der Waals surface area contributed by atoms with Crippen molar-refractivity contribution in [3.63, 3.8) is 0 Å². The third-order valence-electron chi connectivity index (χ3n) is 2.15. The lowest BCUT2D eigenvalue weighted by atomic mass is 10.3. The van der Waals surface area contributed by atoms with Crippen LogP contribution in [0.15, 0.2) is 18.3 Å². The maximum Gasteiger partial charge on any atom is 0.151 e. The van der Waals surface area contributed by atoms with Crippen molar-refractivity contribution in [2.24, 2.45) is 0 Å². The monoisotopic (exact) mass is 192 g/mol. The topological polar surface area (TPSA) is 33.2 Å². The molecule has 14 heavy (non-hydrogen) atoms. The van der Waals surface area contributed by atoms with Crippen molar-refractivity contribution in [1.82, 2.24) is 4.98 Å².